The average Bonchev–Trinajstić information content (AvgIpc) is 3.36. The van der Waals surface area contributed by atoms with Crippen molar-refractivity contribution in [2.24, 2.45) is 0 Å². The van der Waals surface area contributed by atoms with Crippen molar-refractivity contribution in [1.82, 2.24) is 20.1 Å². The van der Waals surface area contributed by atoms with Crippen molar-refractivity contribution >= 4 is 45.2 Å². The molecule has 0 unspecified atom stereocenters. The zero-order valence-corrected chi connectivity index (χ0v) is 17.4. The fourth-order valence-corrected chi connectivity index (χ4v) is 3.47. The molecule has 0 saturated carbocycles. The molecule has 2 aromatic heterocycles. The molecule has 0 atom stereocenters. The number of aromatic nitrogens is 3. The number of hydrogen-bond acceptors (Lipinski definition) is 6. The molecule has 3 rings (SSSR count). The highest BCUT2D eigenvalue weighted by Crippen LogP contribution is 2.19. The lowest BCUT2D eigenvalue weighted by Gasteiger charge is -2.08. The number of benzene rings is 1. The molecule has 0 saturated heterocycles. The topological polar surface area (TPSA) is 102 Å². The molecule has 2 N–H and O–H groups in total. The van der Waals surface area contributed by atoms with Crippen molar-refractivity contribution in [3.8, 4) is 0 Å². The van der Waals surface area contributed by atoms with Gasteiger partial charge in [0.1, 0.15) is 0 Å². The maximum atomic E-state index is 12.2. The van der Waals surface area contributed by atoms with Gasteiger partial charge in [0.05, 0.1) is 18.6 Å². The summed E-state index contributed by atoms with van der Waals surface area (Å²) in [5.41, 5.74) is 0.729. The molecule has 0 aliphatic rings. The van der Waals surface area contributed by atoms with Crippen molar-refractivity contribution in [3.63, 3.8) is 0 Å². The molecule has 28 heavy (non-hydrogen) atoms. The first-order valence-corrected chi connectivity index (χ1v) is 10.3. The van der Waals surface area contributed by atoms with Gasteiger partial charge in [-0.15, -0.1) is 10.2 Å². The Morgan fingerprint density at radius 3 is 2.68 bits per heavy atom. The van der Waals surface area contributed by atoms with E-state index in [1.807, 2.05) is 35.8 Å². The Bertz CT molecular complexity index is 941. The maximum absolute atomic E-state index is 12.2. The van der Waals surface area contributed by atoms with E-state index in [4.69, 9.17) is 4.42 Å². The van der Waals surface area contributed by atoms with E-state index in [-0.39, 0.29) is 29.9 Å². The van der Waals surface area contributed by atoms with E-state index in [0.717, 1.165) is 10.2 Å². The van der Waals surface area contributed by atoms with Crippen molar-refractivity contribution in [3.05, 3.63) is 58.7 Å². The molecular weight excluding hydrogens is 446 g/mol. The number of carbonyl (C=O) groups excluding carboxylic acids is 2. The molecule has 8 nitrogen and oxygen atoms in total. The number of carbonyl (C=O) groups is 2. The third kappa shape index (κ3) is 5.23. The Morgan fingerprint density at radius 1 is 1.21 bits per heavy atom. The van der Waals surface area contributed by atoms with E-state index in [9.17, 15) is 9.59 Å². The smallest absolute Gasteiger partial charge is 0.287 e. The molecule has 3 aromatic rings. The van der Waals surface area contributed by atoms with Gasteiger partial charge >= 0.3 is 0 Å². The average molecular weight is 464 g/mol. The van der Waals surface area contributed by atoms with Gasteiger partial charge in [0.2, 0.25) is 5.91 Å². The van der Waals surface area contributed by atoms with E-state index >= 15 is 0 Å². The Kier molecular flexibility index (Phi) is 6.88. The number of amides is 2. The van der Waals surface area contributed by atoms with Crippen LogP contribution >= 0.6 is 27.7 Å². The second kappa shape index (κ2) is 9.56. The summed E-state index contributed by atoms with van der Waals surface area (Å²) in [7, 11) is 0. The summed E-state index contributed by atoms with van der Waals surface area (Å²) in [6.45, 7) is 2.79. The number of furan rings is 1. The van der Waals surface area contributed by atoms with Gasteiger partial charge in [0.15, 0.2) is 16.7 Å². The van der Waals surface area contributed by atoms with Crippen LogP contribution in [0.1, 0.15) is 23.3 Å². The first kappa shape index (κ1) is 20.2. The van der Waals surface area contributed by atoms with Gasteiger partial charge in [-0.25, -0.2) is 0 Å². The molecule has 2 heterocycles. The van der Waals surface area contributed by atoms with Crippen molar-refractivity contribution in [2.75, 3.05) is 11.1 Å². The Balaban J connectivity index is 1.54. The van der Waals surface area contributed by atoms with Gasteiger partial charge < -0.3 is 19.6 Å². The summed E-state index contributed by atoms with van der Waals surface area (Å²) in [4.78, 5) is 24.1. The molecule has 146 valence electrons. The van der Waals surface area contributed by atoms with Crippen molar-refractivity contribution < 1.29 is 14.0 Å². The van der Waals surface area contributed by atoms with Gasteiger partial charge in [0.25, 0.3) is 5.91 Å². The summed E-state index contributed by atoms with van der Waals surface area (Å²) in [5.74, 6) is 0.594. The SMILES string of the molecule is CCn1c(CNC(=O)c2ccco2)nnc1SCC(=O)Nc1ccc(Br)cc1. The van der Waals surface area contributed by atoms with Crippen LogP contribution in [0.4, 0.5) is 5.69 Å². The van der Waals surface area contributed by atoms with Crippen molar-refractivity contribution in [2.45, 2.75) is 25.2 Å². The second-order valence-electron chi connectivity index (χ2n) is 5.65. The maximum Gasteiger partial charge on any atom is 0.287 e. The molecule has 0 fully saturated rings. The summed E-state index contributed by atoms with van der Waals surface area (Å²) in [6.07, 6.45) is 1.44. The van der Waals surface area contributed by atoms with Gasteiger partial charge in [-0.3, -0.25) is 9.59 Å². The van der Waals surface area contributed by atoms with E-state index in [1.165, 1.54) is 18.0 Å². The third-order valence-corrected chi connectivity index (χ3v) is 5.22. The number of hydrogen-bond donors (Lipinski definition) is 2. The normalized spacial score (nSPS) is 10.6. The van der Waals surface area contributed by atoms with Crippen LogP contribution in [0.2, 0.25) is 0 Å². The molecular formula is C18H18BrN5O3S. The highest BCUT2D eigenvalue weighted by Gasteiger charge is 2.15. The third-order valence-electron chi connectivity index (χ3n) is 3.72. The number of anilines is 1. The first-order valence-electron chi connectivity index (χ1n) is 8.48. The fourth-order valence-electron chi connectivity index (χ4n) is 2.39. The van der Waals surface area contributed by atoms with Crippen LogP contribution in [0.3, 0.4) is 0 Å². The lowest BCUT2D eigenvalue weighted by Crippen LogP contribution is -2.24. The van der Waals surface area contributed by atoms with Crippen LogP contribution in [0.25, 0.3) is 0 Å². The minimum Gasteiger partial charge on any atom is -0.459 e. The predicted octanol–water partition coefficient (Wildman–Crippen LogP) is 3.31. The minimum atomic E-state index is -0.321. The predicted molar refractivity (Wildman–Crippen MR) is 109 cm³/mol. The highest BCUT2D eigenvalue weighted by molar-refractivity contribution is 9.10. The largest absolute Gasteiger partial charge is 0.459 e. The molecule has 0 radical (unpaired) electrons. The second-order valence-corrected chi connectivity index (χ2v) is 7.50. The number of rotatable bonds is 8. The minimum absolute atomic E-state index is 0.134. The summed E-state index contributed by atoms with van der Waals surface area (Å²) in [6, 6.07) is 10.6. The van der Waals surface area contributed by atoms with E-state index in [2.05, 4.69) is 36.8 Å². The molecule has 0 aliphatic carbocycles. The number of nitrogens with one attached hydrogen (secondary N) is 2. The van der Waals surface area contributed by atoms with Gasteiger partial charge in [0, 0.05) is 16.7 Å². The van der Waals surface area contributed by atoms with Crippen LogP contribution in [0, 0.1) is 0 Å². The zero-order valence-electron chi connectivity index (χ0n) is 15.0. The standard InChI is InChI=1S/C18H18BrN5O3S/c1-2-24-15(10-20-17(26)14-4-3-9-27-14)22-23-18(24)28-11-16(25)21-13-7-5-12(19)6-8-13/h3-9H,2,10-11H2,1H3,(H,20,26)(H,21,25). The summed E-state index contributed by atoms with van der Waals surface area (Å²) >= 11 is 4.65. The van der Waals surface area contributed by atoms with Crippen LogP contribution < -0.4 is 10.6 Å². The zero-order chi connectivity index (χ0) is 19.9. The first-order chi connectivity index (χ1) is 13.6. The van der Waals surface area contributed by atoms with Crippen LogP contribution in [0.15, 0.2) is 56.7 Å². The molecule has 0 aliphatic heterocycles. The fraction of sp³-hybridized carbons (Fsp3) is 0.222. The van der Waals surface area contributed by atoms with Crippen molar-refractivity contribution in [1.29, 1.82) is 0 Å². The van der Waals surface area contributed by atoms with Gasteiger partial charge in [-0.05, 0) is 43.3 Å². The monoisotopic (exact) mass is 463 g/mol. The van der Waals surface area contributed by atoms with E-state index < -0.39 is 0 Å². The quantitative estimate of drug-likeness (QED) is 0.496. The number of nitrogens with zero attached hydrogens (tertiary/aromatic N) is 3. The Hall–Kier alpha value is -2.59. The molecule has 2 amide bonds. The molecule has 0 spiro atoms. The number of halogens is 1. The Morgan fingerprint density at radius 2 is 2.00 bits per heavy atom. The van der Waals surface area contributed by atoms with Crippen LogP contribution in [0.5, 0.6) is 0 Å². The highest BCUT2D eigenvalue weighted by atomic mass is 79.9. The molecule has 1 aromatic carbocycles. The van der Waals surface area contributed by atoms with Gasteiger partial charge in [-0.1, -0.05) is 27.7 Å². The lowest BCUT2D eigenvalue weighted by molar-refractivity contribution is -0.113. The van der Waals surface area contributed by atoms with Crippen LogP contribution in [-0.2, 0) is 17.9 Å². The van der Waals surface area contributed by atoms with Gasteiger partial charge in [-0.2, -0.15) is 0 Å². The summed E-state index contributed by atoms with van der Waals surface area (Å²) in [5, 5.41) is 14.5. The summed E-state index contributed by atoms with van der Waals surface area (Å²) < 4.78 is 7.87. The van der Waals surface area contributed by atoms with E-state index in [1.54, 1.807) is 12.1 Å². The van der Waals surface area contributed by atoms with Crippen LogP contribution in [-0.4, -0.2) is 32.3 Å². The number of thioether (sulfide) groups is 1. The lowest BCUT2D eigenvalue weighted by atomic mass is 10.3. The Labute approximate surface area is 174 Å². The molecule has 0 bridgehead atoms. The molecule has 10 heteroatoms. The van der Waals surface area contributed by atoms with E-state index in [0.29, 0.717) is 17.5 Å².